The molecule has 4 nitrogen and oxygen atoms in total. The van der Waals surface area contributed by atoms with Crippen molar-refractivity contribution in [3.63, 3.8) is 0 Å². The third-order valence-corrected chi connectivity index (χ3v) is 5.36. The van der Waals surface area contributed by atoms with Gasteiger partial charge in [0.05, 0.1) is 12.2 Å². The van der Waals surface area contributed by atoms with Gasteiger partial charge in [-0.25, -0.2) is 4.98 Å². The molecule has 6 heteroatoms. The number of rotatable bonds is 7. The molecule has 1 aromatic carbocycles. The number of pyridine rings is 1. The van der Waals surface area contributed by atoms with Gasteiger partial charge in [0.1, 0.15) is 10.9 Å². The Kier molecular flexibility index (Phi) is 6.35. The smallest absolute Gasteiger partial charge is 0.124 e. The van der Waals surface area contributed by atoms with Gasteiger partial charge < -0.3 is 9.88 Å². The molecule has 0 radical (unpaired) electrons. The van der Waals surface area contributed by atoms with Gasteiger partial charge in [0.2, 0.25) is 0 Å². The second-order valence-corrected chi connectivity index (χ2v) is 7.90. The first-order chi connectivity index (χ1) is 12.6. The van der Waals surface area contributed by atoms with Crippen molar-refractivity contribution in [1.29, 1.82) is 0 Å². The lowest BCUT2D eigenvalue weighted by atomic mass is 10.1. The molecule has 136 valence electrons. The molecular weight excluding hydrogens is 364 g/mol. The van der Waals surface area contributed by atoms with Gasteiger partial charge in [-0.15, -0.1) is 0 Å². The second kappa shape index (κ2) is 8.71. The molecular formula is C20H23ClN4S. The third kappa shape index (κ3) is 4.47. The Balaban J connectivity index is 2.06. The summed E-state index contributed by atoms with van der Waals surface area (Å²) in [5.74, 6) is 1.38. The summed E-state index contributed by atoms with van der Waals surface area (Å²) >= 11 is 7.91. The van der Waals surface area contributed by atoms with E-state index in [-0.39, 0.29) is 0 Å². The number of benzene rings is 1. The maximum atomic E-state index is 6.19. The number of nitrogens with one attached hydrogen (secondary N) is 1. The first-order valence-corrected chi connectivity index (χ1v) is 9.84. The van der Waals surface area contributed by atoms with Crippen LogP contribution in [0.3, 0.4) is 0 Å². The molecule has 0 atom stereocenters. The predicted octanol–water partition coefficient (Wildman–Crippen LogP) is 4.97. The van der Waals surface area contributed by atoms with Crippen LogP contribution in [0.4, 0.5) is 0 Å². The average Bonchev–Trinajstić information content (AvgIpc) is 2.94. The molecule has 2 heterocycles. The zero-order valence-electron chi connectivity index (χ0n) is 15.2. The van der Waals surface area contributed by atoms with E-state index < -0.39 is 0 Å². The summed E-state index contributed by atoms with van der Waals surface area (Å²) in [5, 5.41) is 5.15. The number of imidazole rings is 1. The van der Waals surface area contributed by atoms with E-state index in [2.05, 4.69) is 34.8 Å². The molecule has 0 amide bonds. The van der Waals surface area contributed by atoms with E-state index in [1.165, 1.54) is 10.6 Å². The van der Waals surface area contributed by atoms with Crippen LogP contribution in [0, 0.1) is 0 Å². The van der Waals surface area contributed by atoms with Crippen LogP contribution >= 0.6 is 23.4 Å². The summed E-state index contributed by atoms with van der Waals surface area (Å²) in [6.45, 7) is 5.86. The van der Waals surface area contributed by atoms with E-state index in [0.717, 1.165) is 34.5 Å². The van der Waals surface area contributed by atoms with Crippen molar-refractivity contribution < 1.29 is 0 Å². The Morgan fingerprint density at radius 3 is 2.62 bits per heavy atom. The second-order valence-electron chi connectivity index (χ2n) is 6.40. The lowest BCUT2D eigenvalue weighted by Gasteiger charge is -2.13. The molecule has 0 unspecified atom stereocenters. The Hall–Kier alpha value is -1.82. The Labute approximate surface area is 164 Å². The van der Waals surface area contributed by atoms with E-state index in [0.29, 0.717) is 5.92 Å². The number of aromatic nitrogens is 3. The van der Waals surface area contributed by atoms with Crippen LogP contribution in [-0.4, -0.2) is 21.6 Å². The minimum absolute atomic E-state index is 0.339. The molecule has 0 saturated carbocycles. The van der Waals surface area contributed by atoms with Crippen molar-refractivity contribution in [1.82, 2.24) is 19.9 Å². The maximum absolute atomic E-state index is 6.19. The molecule has 1 N–H and O–H groups in total. The van der Waals surface area contributed by atoms with Crippen LogP contribution in [0.5, 0.6) is 0 Å². The van der Waals surface area contributed by atoms with Gasteiger partial charge in [-0.2, -0.15) is 0 Å². The molecule has 0 bridgehead atoms. The molecule has 26 heavy (non-hydrogen) atoms. The molecule has 0 saturated heterocycles. The van der Waals surface area contributed by atoms with E-state index in [4.69, 9.17) is 16.6 Å². The van der Waals surface area contributed by atoms with Gasteiger partial charge in [-0.1, -0.05) is 43.3 Å². The van der Waals surface area contributed by atoms with Crippen molar-refractivity contribution in [2.45, 2.75) is 42.8 Å². The number of hydrogen-bond acceptors (Lipinski definition) is 4. The zero-order chi connectivity index (χ0) is 18.5. The molecule has 0 fully saturated rings. The molecule has 0 aliphatic heterocycles. The van der Waals surface area contributed by atoms with Crippen LogP contribution in [0.1, 0.15) is 36.8 Å². The fraction of sp³-hybridized carbons (Fsp3) is 0.300. The number of nitrogens with zero attached hydrogens (tertiary/aromatic N) is 3. The largest absolute Gasteiger partial charge is 0.317 e. The standard InChI is InChI=1S/C20H23ClN4S/c1-14(2)19-20(26-17-6-4-5-16(21)11-17)25(18(24-19)12-22-3)13-15-7-9-23-10-8-15/h4-11,14,22H,12-13H2,1-3H3. The summed E-state index contributed by atoms with van der Waals surface area (Å²) in [4.78, 5) is 10.2. The van der Waals surface area contributed by atoms with Gasteiger partial charge in [-0.05, 0) is 48.9 Å². The zero-order valence-corrected chi connectivity index (χ0v) is 16.8. The molecule has 3 rings (SSSR count). The predicted molar refractivity (Wildman–Crippen MR) is 108 cm³/mol. The summed E-state index contributed by atoms with van der Waals surface area (Å²) in [6.07, 6.45) is 3.66. The van der Waals surface area contributed by atoms with Crippen molar-refractivity contribution in [3.05, 3.63) is 70.9 Å². The Morgan fingerprint density at radius 1 is 1.19 bits per heavy atom. The van der Waals surface area contributed by atoms with Gasteiger partial charge in [0, 0.05) is 28.9 Å². The van der Waals surface area contributed by atoms with Crippen LogP contribution in [-0.2, 0) is 13.1 Å². The van der Waals surface area contributed by atoms with E-state index in [1.54, 1.807) is 11.8 Å². The highest BCUT2D eigenvalue weighted by Crippen LogP contribution is 2.36. The van der Waals surface area contributed by atoms with Crippen LogP contribution in [0.2, 0.25) is 5.02 Å². The van der Waals surface area contributed by atoms with E-state index in [1.807, 2.05) is 49.8 Å². The Morgan fingerprint density at radius 2 is 1.96 bits per heavy atom. The average molecular weight is 387 g/mol. The maximum Gasteiger partial charge on any atom is 0.124 e. The quantitative estimate of drug-likeness (QED) is 0.622. The normalized spacial score (nSPS) is 11.3. The fourth-order valence-electron chi connectivity index (χ4n) is 2.76. The van der Waals surface area contributed by atoms with Crippen molar-refractivity contribution in [3.8, 4) is 0 Å². The summed E-state index contributed by atoms with van der Waals surface area (Å²) in [7, 11) is 1.95. The van der Waals surface area contributed by atoms with Gasteiger partial charge in [0.25, 0.3) is 0 Å². The van der Waals surface area contributed by atoms with Gasteiger partial charge in [-0.3, -0.25) is 4.98 Å². The lowest BCUT2D eigenvalue weighted by Crippen LogP contribution is -2.13. The monoisotopic (exact) mass is 386 g/mol. The van der Waals surface area contributed by atoms with Crippen molar-refractivity contribution in [2.75, 3.05) is 7.05 Å². The van der Waals surface area contributed by atoms with E-state index >= 15 is 0 Å². The summed E-state index contributed by atoms with van der Waals surface area (Å²) in [6, 6.07) is 12.1. The van der Waals surface area contributed by atoms with Gasteiger partial charge >= 0.3 is 0 Å². The molecule has 0 aliphatic carbocycles. The SMILES string of the molecule is CNCc1nc(C(C)C)c(Sc2cccc(Cl)c2)n1Cc1ccncc1. The first kappa shape index (κ1) is 19.0. The fourth-order valence-corrected chi connectivity index (χ4v) is 4.23. The Bertz CT molecular complexity index is 862. The highest BCUT2D eigenvalue weighted by atomic mass is 35.5. The third-order valence-electron chi connectivity index (χ3n) is 4.01. The lowest BCUT2D eigenvalue weighted by molar-refractivity contribution is 0.637. The molecule has 3 aromatic rings. The first-order valence-electron chi connectivity index (χ1n) is 8.64. The molecule has 2 aromatic heterocycles. The van der Waals surface area contributed by atoms with Crippen LogP contribution in [0.25, 0.3) is 0 Å². The van der Waals surface area contributed by atoms with E-state index in [9.17, 15) is 0 Å². The van der Waals surface area contributed by atoms with Crippen LogP contribution in [0.15, 0.2) is 58.7 Å². The van der Waals surface area contributed by atoms with Crippen molar-refractivity contribution in [2.24, 2.45) is 0 Å². The molecule has 0 aliphatic rings. The minimum Gasteiger partial charge on any atom is -0.317 e. The molecule has 0 spiro atoms. The summed E-state index contributed by atoms with van der Waals surface area (Å²) < 4.78 is 2.30. The van der Waals surface area contributed by atoms with Gasteiger partial charge in [0.15, 0.2) is 0 Å². The number of halogens is 1. The number of hydrogen-bond donors (Lipinski definition) is 1. The minimum atomic E-state index is 0.339. The highest BCUT2D eigenvalue weighted by Gasteiger charge is 2.20. The van der Waals surface area contributed by atoms with Crippen molar-refractivity contribution >= 4 is 23.4 Å². The topological polar surface area (TPSA) is 42.7 Å². The summed E-state index contributed by atoms with van der Waals surface area (Å²) in [5.41, 5.74) is 2.33. The highest BCUT2D eigenvalue weighted by molar-refractivity contribution is 7.99. The van der Waals surface area contributed by atoms with Crippen LogP contribution < -0.4 is 5.32 Å².